The van der Waals surface area contributed by atoms with Crippen molar-refractivity contribution in [2.24, 2.45) is 0 Å². The molecule has 0 aliphatic rings. The highest BCUT2D eigenvalue weighted by Crippen LogP contribution is 2.31. The van der Waals surface area contributed by atoms with Crippen LogP contribution in [-0.2, 0) is 0 Å². The predicted octanol–water partition coefficient (Wildman–Crippen LogP) is 3.81. The molecule has 1 aromatic heterocycles. The topological polar surface area (TPSA) is 122 Å². The van der Waals surface area contributed by atoms with Gasteiger partial charge in [0.15, 0.2) is 0 Å². The maximum atomic E-state index is 12.3. The number of aromatic nitrogens is 2. The molecule has 3 N–H and O–H groups in total. The van der Waals surface area contributed by atoms with E-state index in [0.29, 0.717) is 11.3 Å². The normalized spacial score (nSPS) is 10.3. The molecule has 3 rings (SSSR count). The van der Waals surface area contributed by atoms with Crippen molar-refractivity contribution in [3.63, 3.8) is 0 Å². The lowest BCUT2D eigenvalue weighted by Crippen LogP contribution is -2.30. The molecule has 0 saturated carbocycles. The molecule has 0 bridgehead atoms. The number of hydrogen-bond acceptors (Lipinski definition) is 7. The van der Waals surface area contributed by atoms with Crippen molar-refractivity contribution < 1.29 is 9.72 Å². The van der Waals surface area contributed by atoms with Gasteiger partial charge in [-0.3, -0.25) is 25.8 Å². The van der Waals surface area contributed by atoms with Gasteiger partial charge < -0.3 is 5.32 Å². The van der Waals surface area contributed by atoms with Gasteiger partial charge in [0, 0.05) is 11.3 Å². The zero-order valence-electron chi connectivity index (χ0n) is 16.2. The second kappa shape index (κ2) is 8.34. The number of nitrogens with one attached hydrogen (secondary N) is 3. The van der Waals surface area contributed by atoms with Gasteiger partial charge in [-0.15, -0.1) is 0 Å². The van der Waals surface area contributed by atoms with Gasteiger partial charge in [-0.2, -0.15) is 0 Å². The minimum atomic E-state index is -0.605. The third-order valence-corrected chi connectivity index (χ3v) is 4.25. The lowest BCUT2D eigenvalue weighted by atomic mass is 10.1. The van der Waals surface area contributed by atoms with Gasteiger partial charge in [0.25, 0.3) is 5.91 Å². The Morgan fingerprint density at radius 1 is 0.966 bits per heavy atom. The van der Waals surface area contributed by atoms with E-state index >= 15 is 0 Å². The Labute approximate surface area is 167 Å². The first kappa shape index (κ1) is 19.7. The monoisotopic (exact) mass is 392 g/mol. The van der Waals surface area contributed by atoms with Gasteiger partial charge in [-0.05, 0) is 44.5 Å². The first-order chi connectivity index (χ1) is 13.8. The minimum Gasteiger partial charge on any atom is -0.334 e. The molecule has 29 heavy (non-hydrogen) atoms. The number of carbonyl (C=O) groups excluding carboxylic acids is 1. The van der Waals surface area contributed by atoms with Gasteiger partial charge in [0.2, 0.25) is 11.6 Å². The Hall–Kier alpha value is -4.01. The summed E-state index contributed by atoms with van der Waals surface area (Å²) >= 11 is 0. The van der Waals surface area contributed by atoms with Crippen LogP contribution < -0.4 is 16.2 Å². The molecule has 0 radical (unpaired) electrons. The molecule has 0 aliphatic carbocycles. The van der Waals surface area contributed by atoms with E-state index in [2.05, 4.69) is 26.1 Å². The van der Waals surface area contributed by atoms with Gasteiger partial charge in [0.1, 0.15) is 6.33 Å². The van der Waals surface area contributed by atoms with Crippen molar-refractivity contribution in [3.05, 3.63) is 81.2 Å². The molecule has 148 valence electrons. The quantitative estimate of drug-likeness (QED) is 0.431. The number of hydrogen-bond donors (Lipinski definition) is 3. The van der Waals surface area contributed by atoms with E-state index in [1.165, 1.54) is 6.33 Å². The van der Waals surface area contributed by atoms with Crippen LogP contribution in [0.15, 0.2) is 48.8 Å². The molecule has 1 amide bonds. The first-order valence-electron chi connectivity index (χ1n) is 8.82. The van der Waals surface area contributed by atoms with Crippen molar-refractivity contribution >= 4 is 28.9 Å². The fraction of sp³-hybridized carbons (Fsp3) is 0.150. The lowest BCUT2D eigenvalue weighted by molar-refractivity contribution is -0.383. The van der Waals surface area contributed by atoms with E-state index in [-0.39, 0.29) is 17.3 Å². The number of rotatable bonds is 6. The molecule has 3 aromatic rings. The standard InChI is InChI=1S/C20H20N6O3/c1-12-4-7-15(8-5-12)20(27)25-24-19-17(26(28)29)18(21-11-22-19)23-16-9-6-13(2)10-14(16)3/h4-11H,1-3H3,(H,25,27)(H2,21,22,23,24). The molecule has 2 aromatic carbocycles. The maximum absolute atomic E-state index is 12.3. The van der Waals surface area contributed by atoms with Crippen LogP contribution >= 0.6 is 0 Å². The summed E-state index contributed by atoms with van der Waals surface area (Å²) in [4.78, 5) is 31.2. The Bertz CT molecular complexity index is 1070. The van der Waals surface area contributed by atoms with E-state index in [1.807, 2.05) is 39.0 Å². The van der Waals surface area contributed by atoms with Crippen molar-refractivity contribution in [3.8, 4) is 0 Å². The van der Waals surface area contributed by atoms with Crippen LogP contribution in [-0.4, -0.2) is 20.8 Å². The number of hydrazine groups is 1. The molecule has 0 unspecified atom stereocenters. The minimum absolute atomic E-state index is 0.0176. The summed E-state index contributed by atoms with van der Waals surface area (Å²) in [7, 11) is 0. The molecule has 1 heterocycles. The number of anilines is 3. The third kappa shape index (κ3) is 4.64. The fourth-order valence-electron chi connectivity index (χ4n) is 2.71. The Morgan fingerprint density at radius 3 is 2.28 bits per heavy atom. The highest BCUT2D eigenvalue weighted by molar-refractivity contribution is 5.95. The zero-order valence-corrected chi connectivity index (χ0v) is 16.2. The summed E-state index contributed by atoms with van der Waals surface area (Å²) in [6, 6.07) is 12.6. The van der Waals surface area contributed by atoms with Crippen molar-refractivity contribution in [1.29, 1.82) is 0 Å². The van der Waals surface area contributed by atoms with Crippen LogP contribution in [0, 0.1) is 30.9 Å². The highest BCUT2D eigenvalue weighted by atomic mass is 16.6. The molecule has 9 heteroatoms. The third-order valence-electron chi connectivity index (χ3n) is 4.25. The Kier molecular flexibility index (Phi) is 5.68. The molecule has 9 nitrogen and oxygen atoms in total. The van der Waals surface area contributed by atoms with Gasteiger partial charge in [0.05, 0.1) is 4.92 Å². The van der Waals surface area contributed by atoms with Crippen LogP contribution in [0.4, 0.5) is 23.0 Å². The summed E-state index contributed by atoms with van der Waals surface area (Å²) in [6.45, 7) is 5.76. The second-order valence-corrected chi connectivity index (χ2v) is 6.57. The smallest absolute Gasteiger partial charge is 0.334 e. The molecule has 0 saturated heterocycles. The van der Waals surface area contributed by atoms with E-state index in [4.69, 9.17) is 0 Å². The number of aryl methyl sites for hydroxylation is 3. The van der Waals surface area contributed by atoms with E-state index in [0.717, 1.165) is 16.7 Å². The van der Waals surface area contributed by atoms with Gasteiger partial charge >= 0.3 is 5.69 Å². The summed E-state index contributed by atoms with van der Waals surface area (Å²) < 4.78 is 0. The highest BCUT2D eigenvalue weighted by Gasteiger charge is 2.24. The molecule has 0 aliphatic heterocycles. The maximum Gasteiger partial charge on any atom is 0.355 e. The number of benzene rings is 2. The molecule has 0 spiro atoms. The number of nitro groups is 1. The summed E-state index contributed by atoms with van der Waals surface area (Å²) in [5, 5.41) is 14.6. The number of amides is 1. The van der Waals surface area contributed by atoms with Crippen LogP contribution in [0.25, 0.3) is 0 Å². The molecule has 0 atom stereocenters. The first-order valence-corrected chi connectivity index (χ1v) is 8.82. The second-order valence-electron chi connectivity index (χ2n) is 6.57. The molecular weight excluding hydrogens is 372 g/mol. The van der Waals surface area contributed by atoms with Crippen LogP contribution in [0.5, 0.6) is 0 Å². The average Bonchev–Trinajstić information content (AvgIpc) is 2.68. The number of nitrogens with zero attached hydrogens (tertiary/aromatic N) is 3. The summed E-state index contributed by atoms with van der Waals surface area (Å²) in [5.74, 6) is -0.552. The summed E-state index contributed by atoms with van der Waals surface area (Å²) in [6.07, 6.45) is 1.18. The zero-order chi connectivity index (χ0) is 21.0. The van der Waals surface area contributed by atoms with E-state index in [9.17, 15) is 14.9 Å². The number of carbonyl (C=O) groups is 1. The Morgan fingerprint density at radius 2 is 1.62 bits per heavy atom. The molecule has 0 fully saturated rings. The van der Waals surface area contributed by atoms with Gasteiger partial charge in [-0.1, -0.05) is 35.4 Å². The van der Waals surface area contributed by atoms with Crippen LogP contribution in [0.3, 0.4) is 0 Å². The van der Waals surface area contributed by atoms with Crippen LogP contribution in [0.2, 0.25) is 0 Å². The van der Waals surface area contributed by atoms with E-state index < -0.39 is 10.8 Å². The van der Waals surface area contributed by atoms with Gasteiger partial charge in [-0.25, -0.2) is 9.97 Å². The predicted molar refractivity (Wildman–Crippen MR) is 110 cm³/mol. The molecular formula is C20H20N6O3. The largest absolute Gasteiger partial charge is 0.355 e. The lowest BCUT2D eigenvalue weighted by Gasteiger charge is -2.12. The summed E-state index contributed by atoms with van der Waals surface area (Å²) in [5.41, 5.74) is 8.68. The van der Waals surface area contributed by atoms with Crippen molar-refractivity contribution in [2.75, 3.05) is 10.7 Å². The fourth-order valence-corrected chi connectivity index (χ4v) is 2.71. The van der Waals surface area contributed by atoms with Crippen molar-refractivity contribution in [2.45, 2.75) is 20.8 Å². The SMILES string of the molecule is Cc1ccc(C(=O)NNc2ncnc(Nc3ccc(C)cc3C)c2[N+](=O)[O-])cc1. The average molecular weight is 392 g/mol. The Balaban J connectivity index is 1.83. The van der Waals surface area contributed by atoms with Crippen LogP contribution in [0.1, 0.15) is 27.0 Å². The van der Waals surface area contributed by atoms with E-state index in [1.54, 1.807) is 24.3 Å². The van der Waals surface area contributed by atoms with Crippen molar-refractivity contribution in [1.82, 2.24) is 15.4 Å².